The molecule has 0 bridgehead atoms. The summed E-state index contributed by atoms with van der Waals surface area (Å²) in [6.07, 6.45) is 1.52. The molecule has 0 unspecified atom stereocenters. The molecule has 8 nitrogen and oxygen atoms in total. The number of hydrogen-bond acceptors (Lipinski definition) is 6. The first-order valence-electron chi connectivity index (χ1n) is 8.99. The molecule has 0 fully saturated rings. The highest BCUT2D eigenvalue weighted by atomic mass is 32.2. The Morgan fingerprint density at radius 3 is 2.66 bits per heavy atom. The molecule has 1 N–H and O–H groups in total. The highest BCUT2D eigenvalue weighted by molar-refractivity contribution is 7.99. The van der Waals surface area contributed by atoms with E-state index in [1.165, 1.54) is 12.4 Å². The zero-order chi connectivity index (χ0) is 21.1. The first-order valence-corrected chi connectivity index (χ1v) is 9.80. The van der Waals surface area contributed by atoms with Gasteiger partial charge in [0.1, 0.15) is 6.33 Å². The van der Waals surface area contributed by atoms with Crippen molar-refractivity contribution in [2.45, 2.75) is 36.7 Å². The first kappa shape index (κ1) is 20.5. The average Bonchev–Trinajstić information content (AvgIpc) is 3.07. The number of para-hydroxylation sites is 1. The highest BCUT2D eigenvalue weighted by Crippen LogP contribution is 2.34. The number of aryl methyl sites for hydroxylation is 2. The molecule has 150 valence electrons. The fourth-order valence-corrected chi connectivity index (χ4v) is 3.73. The molecule has 9 heteroatoms. The molecule has 0 saturated heterocycles. The smallest absolute Gasteiger partial charge is 0.284 e. The summed E-state index contributed by atoms with van der Waals surface area (Å²) in [4.78, 5) is 24.3. The number of rotatable bonds is 6. The molecule has 0 aliphatic rings. The SMILES string of the molecule is Cc1cccc(C(C)C)c1NC(=O)c1ccc(Sc2nncn2C)c([N+](=O)[O-])c1. The van der Waals surface area contributed by atoms with Crippen LogP contribution in [0.1, 0.15) is 41.3 Å². The zero-order valence-electron chi connectivity index (χ0n) is 16.5. The number of nitro groups is 1. The first-order chi connectivity index (χ1) is 13.8. The molecule has 0 aliphatic carbocycles. The summed E-state index contributed by atoms with van der Waals surface area (Å²) in [5.41, 5.74) is 2.76. The molecule has 0 atom stereocenters. The van der Waals surface area contributed by atoms with E-state index in [9.17, 15) is 14.9 Å². The molecule has 3 aromatic rings. The van der Waals surface area contributed by atoms with Gasteiger partial charge in [0, 0.05) is 24.4 Å². The number of carbonyl (C=O) groups excluding carboxylic acids is 1. The molecule has 2 aromatic carbocycles. The molecule has 1 amide bonds. The Morgan fingerprint density at radius 1 is 1.28 bits per heavy atom. The Labute approximate surface area is 172 Å². The van der Waals surface area contributed by atoms with Gasteiger partial charge in [-0.05, 0) is 47.9 Å². The lowest BCUT2D eigenvalue weighted by Crippen LogP contribution is -2.15. The lowest BCUT2D eigenvalue weighted by Gasteiger charge is -2.16. The molecule has 3 rings (SSSR count). The Bertz CT molecular complexity index is 1080. The average molecular weight is 411 g/mol. The van der Waals surface area contributed by atoms with Crippen LogP contribution in [0.25, 0.3) is 0 Å². The largest absolute Gasteiger partial charge is 0.321 e. The van der Waals surface area contributed by atoms with Gasteiger partial charge in [0.2, 0.25) is 0 Å². The van der Waals surface area contributed by atoms with Crippen LogP contribution in [0.15, 0.2) is 52.8 Å². The molecular weight excluding hydrogens is 390 g/mol. The molecule has 1 heterocycles. The van der Waals surface area contributed by atoms with Gasteiger partial charge >= 0.3 is 0 Å². The number of amides is 1. The summed E-state index contributed by atoms with van der Waals surface area (Å²) in [6, 6.07) is 10.3. The quantitative estimate of drug-likeness (QED) is 0.471. The monoisotopic (exact) mass is 411 g/mol. The van der Waals surface area contributed by atoms with E-state index in [2.05, 4.69) is 15.5 Å². The van der Waals surface area contributed by atoms with E-state index in [4.69, 9.17) is 0 Å². The number of nitrogens with one attached hydrogen (secondary N) is 1. The number of hydrogen-bond donors (Lipinski definition) is 1. The fraction of sp³-hybridized carbons (Fsp3) is 0.250. The summed E-state index contributed by atoms with van der Waals surface area (Å²) in [5, 5.41) is 22.7. The second-order valence-electron chi connectivity index (χ2n) is 6.91. The van der Waals surface area contributed by atoms with E-state index < -0.39 is 4.92 Å². The molecule has 0 spiro atoms. The zero-order valence-corrected chi connectivity index (χ0v) is 17.4. The van der Waals surface area contributed by atoms with E-state index in [1.807, 2.05) is 39.0 Å². The van der Waals surface area contributed by atoms with Gasteiger partial charge in [0.15, 0.2) is 5.16 Å². The molecule has 0 saturated carbocycles. The van der Waals surface area contributed by atoms with E-state index in [-0.39, 0.29) is 23.1 Å². The Morgan fingerprint density at radius 2 is 2.03 bits per heavy atom. The fourth-order valence-electron chi connectivity index (χ4n) is 2.88. The van der Waals surface area contributed by atoms with Gasteiger partial charge in [0.05, 0.1) is 9.82 Å². The Hall–Kier alpha value is -3.20. The van der Waals surface area contributed by atoms with Crippen molar-refractivity contribution < 1.29 is 9.72 Å². The van der Waals surface area contributed by atoms with Crippen molar-refractivity contribution in [3.63, 3.8) is 0 Å². The Kier molecular flexibility index (Phi) is 5.97. The van der Waals surface area contributed by atoms with Gasteiger partial charge in [-0.3, -0.25) is 14.9 Å². The van der Waals surface area contributed by atoms with Crippen molar-refractivity contribution in [1.29, 1.82) is 0 Å². The topological polar surface area (TPSA) is 103 Å². The van der Waals surface area contributed by atoms with Gasteiger partial charge in [-0.1, -0.05) is 32.0 Å². The standard InChI is InChI=1S/C20H21N5O3S/c1-12(2)15-7-5-6-13(3)18(15)22-19(26)14-8-9-17(16(10-14)25(27)28)29-20-23-21-11-24(20)4/h5-12H,1-4H3,(H,22,26). The maximum absolute atomic E-state index is 12.8. The maximum Gasteiger partial charge on any atom is 0.284 e. The van der Waals surface area contributed by atoms with Gasteiger partial charge in [-0.15, -0.1) is 10.2 Å². The van der Waals surface area contributed by atoms with Crippen molar-refractivity contribution in [3.8, 4) is 0 Å². The minimum Gasteiger partial charge on any atom is -0.321 e. The summed E-state index contributed by atoms with van der Waals surface area (Å²) in [6.45, 7) is 6.02. The van der Waals surface area contributed by atoms with Crippen LogP contribution in [0.5, 0.6) is 0 Å². The van der Waals surface area contributed by atoms with Crippen molar-refractivity contribution in [3.05, 3.63) is 69.5 Å². The number of benzene rings is 2. The van der Waals surface area contributed by atoms with Crippen LogP contribution in [0.3, 0.4) is 0 Å². The van der Waals surface area contributed by atoms with Crippen LogP contribution in [0, 0.1) is 17.0 Å². The predicted octanol–water partition coefficient (Wildman–Crippen LogP) is 4.56. The van der Waals surface area contributed by atoms with Crippen LogP contribution in [0.2, 0.25) is 0 Å². The van der Waals surface area contributed by atoms with E-state index in [0.717, 1.165) is 28.6 Å². The second kappa shape index (κ2) is 8.44. The van der Waals surface area contributed by atoms with Crippen LogP contribution >= 0.6 is 11.8 Å². The highest BCUT2D eigenvalue weighted by Gasteiger charge is 2.21. The number of carbonyl (C=O) groups is 1. The van der Waals surface area contributed by atoms with E-state index >= 15 is 0 Å². The van der Waals surface area contributed by atoms with E-state index in [0.29, 0.717) is 10.1 Å². The lowest BCUT2D eigenvalue weighted by molar-refractivity contribution is -0.387. The van der Waals surface area contributed by atoms with Gasteiger partial charge in [-0.2, -0.15) is 0 Å². The summed E-state index contributed by atoms with van der Waals surface area (Å²) in [7, 11) is 1.75. The van der Waals surface area contributed by atoms with E-state index in [1.54, 1.807) is 23.7 Å². The molecule has 0 radical (unpaired) electrons. The molecule has 0 aliphatic heterocycles. The lowest BCUT2D eigenvalue weighted by atomic mass is 9.98. The maximum atomic E-state index is 12.8. The molecule has 1 aromatic heterocycles. The van der Waals surface area contributed by atoms with Gasteiger partial charge in [-0.25, -0.2) is 0 Å². The van der Waals surface area contributed by atoms with Crippen LogP contribution in [0.4, 0.5) is 11.4 Å². The van der Waals surface area contributed by atoms with Gasteiger partial charge in [0.25, 0.3) is 11.6 Å². The predicted molar refractivity (Wildman–Crippen MR) is 111 cm³/mol. The summed E-state index contributed by atoms with van der Waals surface area (Å²) in [5.74, 6) is -0.163. The minimum atomic E-state index is -0.497. The van der Waals surface area contributed by atoms with Crippen LogP contribution in [-0.2, 0) is 7.05 Å². The summed E-state index contributed by atoms with van der Waals surface area (Å²) < 4.78 is 1.67. The number of nitrogens with zero attached hydrogens (tertiary/aromatic N) is 4. The number of nitro benzene ring substituents is 1. The third kappa shape index (κ3) is 4.45. The van der Waals surface area contributed by atoms with Crippen molar-refractivity contribution in [1.82, 2.24) is 14.8 Å². The summed E-state index contributed by atoms with van der Waals surface area (Å²) >= 11 is 1.13. The van der Waals surface area contributed by atoms with Crippen molar-refractivity contribution in [2.75, 3.05) is 5.32 Å². The minimum absolute atomic E-state index is 0.153. The third-order valence-corrected chi connectivity index (χ3v) is 5.57. The van der Waals surface area contributed by atoms with Crippen molar-refractivity contribution in [2.24, 2.45) is 7.05 Å². The molecular formula is C20H21N5O3S. The van der Waals surface area contributed by atoms with Crippen molar-refractivity contribution >= 4 is 29.0 Å². The van der Waals surface area contributed by atoms with Crippen LogP contribution in [-0.4, -0.2) is 25.6 Å². The van der Waals surface area contributed by atoms with Gasteiger partial charge < -0.3 is 9.88 Å². The Balaban J connectivity index is 1.92. The second-order valence-corrected chi connectivity index (χ2v) is 7.92. The van der Waals surface area contributed by atoms with Crippen LogP contribution < -0.4 is 5.32 Å². The third-order valence-electron chi connectivity index (χ3n) is 4.45. The number of anilines is 1. The number of aromatic nitrogens is 3. The molecule has 29 heavy (non-hydrogen) atoms. The normalized spacial score (nSPS) is 10.9.